The zero-order chi connectivity index (χ0) is 36.2. The maximum atomic E-state index is 15.0. The van der Waals surface area contributed by atoms with Crippen molar-refractivity contribution < 1.29 is 9.59 Å². The van der Waals surface area contributed by atoms with Gasteiger partial charge in [0, 0.05) is 47.3 Å². The molecule has 48 heavy (non-hydrogen) atoms. The molecule has 2 fully saturated rings. The largest absolute Gasteiger partial charge is 0.331 e. The van der Waals surface area contributed by atoms with Gasteiger partial charge in [-0.25, -0.2) is 0 Å². The number of nitrogens with one attached hydrogen (secondary N) is 2. The van der Waals surface area contributed by atoms with Crippen LogP contribution in [-0.2, 0) is 9.59 Å². The van der Waals surface area contributed by atoms with Crippen molar-refractivity contribution in [3.63, 3.8) is 0 Å². The molecule has 282 valence electrons. The molecule has 0 aliphatic carbocycles. The number of piperidine rings is 2. The molecule has 2 heterocycles. The Labute approximate surface area is 299 Å². The van der Waals surface area contributed by atoms with Crippen molar-refractivity contribution in [1.29, 1.82) is 0 Å². The van der Waals surface area contributed by atoms with Crippen LogP contribution in [0.2, 0.25) is 0 Å². The summed E-state index contributed by atoms with van der Waals surface area (Å²) in [7, 11) is 0. The Morgan fingerprint density at radius 2 is 0.833 bits per heavy atom. The van der Waals surface area contributed by atoms with Gasteiger partial charge in [-0.3, -0.25) is 9.59 Å². The fraction of sp³-hybridized carbons (Fsp3) is 0.952. The van der Waals surface area contributed by atoms with Crippen LogP contribution in [0.3, 0.4) is 0 Å². The van der Waals surface area contributed by atoms with E-state index in [9.17, 15) is 9.59 Å². The Hall–Kier alpha value is -1.14. The van der Waals surface area contributed by atoms with Crippen molar-refractivity contribution in [3.05, 3.63) is 0 Å². The summed E-state index contributed by atoms with van der Waals surface area (Å²) in [4.78, 5) is 34.1. The van der Waals surface area contributed by atoms with Gasteiger partial charge in [0.1, 0.15) is 0 Å². The van der Waals surface area contributed by atoms with Crippen LogP contribution in [0.25, 0.3) is 0 Å². The minimum Gasteiger partial charge on any atom is -0.331 e. The molecule has 2 N–H and O–H groups in total. The third-order valence-electron chi connectivity index (χ3n) is 13.7. The topological polar surface area (TPSA) is 64.7 Å². The van der Waals surface area contributed by atoms with Gasteiger partial charge in [0.25, 0.3) is 0 Å². The van der Waals surface area contributed by atoms with Gasteiger partial charge in [0.15, 0.2) is 0 Å². The minimum absolute atomic E-state index is 0.0383. The van der Waals surface area contributed by atoms with Crippen LogP contribution >= 0.6 is 0 Å². The molecule has 2 saturated heterocycles. The molecule has 0 radical (unpaired) electrons. The quantitative estimate of drug-likeness (QED) is 0.0997. The number of amides is 2. The Morgan fingerprint density at radius 1 is 0.521 bits per heavy atom. The zero-order valence-electron chi connectivity index (χ0n) is 34.2. The van der Waals surface area contributed by atoms with E-state index >= 15 is 0 Å². The van der Waals surface area contributed by atoms with E-state index in [1.807, 2.05) is 0 Å². The average Bonchev–Trinajstić information content (AvgIpc) is 3.07. The van der Waals surface area contributed by atoms with Crippen molar-refractivity contribution in [2.75, 3.05) is 13.1 Å². The van der Waals surface area contributed by atoms with E-state index < -0.39 is 0 Å². The van der Waals surface area contributed by atoms with Gasteiger partial charge in [-0.1, -0.05) is 120 Å². The summed E-state index contributed by atoms with van der Waals surface area (Å²) in [6.07, 6.45) is 19.8. The minimum atomic E-state index is -0.243. The summed E-state index contributed by atoms with van der Waals surface area (Å²) < 4.78 is 0. The number of hydrogen-bond donors (Lipinski definition) is 2. The lowest BCUT2D eigenvalue weighted by Gasteiger charge is -2.57. The fourth-order valence-electron chi connectivity index (χ4n) is 9.09. The van der Waals surface area contributed by atoms with Crippen molar-refractivity contribution in [3.8, 4) is 0 Å². The summed E-state index contributed by atoms with van der Waals surface area (Å²) in [5, 5.41) is 8.04. The van der Waals surface area contributed by atoms with E-state index in [1.165, 1.54) is 51.4 Å². The second kappa shape index (κ2) is 19.5. The number of rotatable bonds is 20. The average molecular weight is 675 g/mol. The molecule has 8 atom stereocenters. The molecule has 2 amide bonds. The Balaban J connectivity index is 2.52. The number of carbonyl (C=O) groups excluding carboxylic acids is 2. The molecule has 0 aromatic carbocycles. The van der Waals surface area contributed by atoms with Crippen molar-refractivity contribution in [2.45, 2.75) is 233 Å². The number of nitrogens with zero attached hydrogens (tertiary/aromatic N) is 2. The molecule has 2 aliphatic heterocycles. The first-order chi connectivity index (χ1) is 22.6. The second-order valence-corrected chi connectivity index (χ2v) is 17.3. The highest BCUT2D eigenvalue weighted by Gasteiger charge is 2.52. The summed E-state index contributed by atoms with van der Waals surface area (Å²) in [5.41, 5.74) is -0.329. The van der Waals surface area contributed by atoms with Crippen LogP contribution in [0.4, 0.5) is 0 Å². The maximum absolute atomic E-state index is 15.0. The lowest BCUT2D eigenvalue weighted by Crippen LogP contribution is -2.71. The van der Waals surface area contributed by atoms with Gasteiger partial charge >= 0.3 is 11.8 Å². The molecule has 6 heteroatoms. The highest BCUT2D eigenvalue weighted by molar-refractivity contribution is 6.35. The van der Waals surface area contributed by atoms with Crippen LogP contribution in [0.5, 0.6) is 0 Å². The molecule has 0 aromatic heterocycles. The van der Waals surface area contributed by atoms with Crippen LogP contribution in [0, 0.1) is 11.8 Å². The fourth-order valence-corrected chi connectivity index (χ4v) is 9.09. The van der Waals surface area contributed by atoms with E-state index in [-0.39, 0.29) is 57.9 Å². The summed E-state index contributed by atoms with van der Waals surface area (Å²) in [6.45, 7) is 28.9. The normalized spacial score (nSPS) is 33.8. The maximum Gasteiger partial charge on any atom is 0.312 e. The van der Waals surface area contributed by atoms with Crippen molar-refractivity contribution >= 4 is 11.8 Å². The second-order valence-electron chi connectivity index (χ2n) is 17.3. The van der Waals surface area contributed by atoms with Crippen LogP contribution in [0.1, 0.15) is 199 Å². The number of unbranched alkanes of at least 4 members (excludes halogenated alkanes) is 10. The van der Waals surface area contributed by atoms with Crippen molar-refractivity contribution in [2.24, 2.45) is 11.8 Å². The molecule has 0 saturated carbocycles. The molecule has 0 bridgehead atoms. The van der Waals surface area contributed by atoms with Crippen LogP contribution in [0.15, 0.2) is 0 Å². The lowest BCUT2D eigenvalue weighted by atomic mass is 9.68. The molecular weight excluding hydrogens is 592 g/mol. The van der Waals surface area contributed by atoms with Crippen molar-refractivity contribution in [1.82, 2.24) is 20.4 Å². The Morgan fingerprint density at radius 3 is 1.12 bits per heavy atom. The standard InChI is InChI=1S/C42H82N4O2/c1-13-19-21-23-25-27-29-45(35-31-39(9,15-3)43-41(11,17-5)33(35)7)37(47)38(48)46(30-28-26-24-22-20-14-2)36-32-40(10,16-4)44-42(12,18-6)34(36)8/h33-36,43-44H,13-32H2,1-12H3. The number of carbonyl (C=O) groups is 2. The third-order valence-corrected chi connectivity index (χ3v) is 13.7. The van der Waals surface area contributed by atoms with E-state index in [0.29, 0.717) is 13.1 Å². The van der Waals surface area contributed by atoms with Gasteiger partial charge in [0.2, 0.25) is 0 Å². The Bertz CT molecular complexity index is 897. The molecule has 2 rings (SSSR count). The van der Waals surface area contributed by atoms with Crippen LogP contribution in [-0.4, -0.2) is 68.9 Å². The molecule has 2 aliphatic rings. The zero-order valence-corrected chi connectivity index (χ0v) is 34.2. The van der Waals surface area contributed by atoms with Gasteiger partial charge in [-0.05, 0) is 90.9 Å². The lowest BCUT2D eigenvalue weighted by molar-refractivity contribution is -0.159. The molecular formula is C42H82N4O2. The van der Waals surface area contributed by atoms with E-state index in [0.717, 1.165) is 64.2 Å². The van der Waals surface area contributed by atoms with E-state index in [4.69, 9.17) is 0 Å². The summed E-state index contributed by atoms with van der Waals surface area (Å²) in [5.74, 6) is 0.00534. The molecule has 0 spiro atoms. The first kappa shape index (κ1) is 43.0. The first-order valence-electron chi connectivity index (χ1n) is 20.8. The summed E-state index contributed by atoms with van der Waals surface area (Å²) >= 11 is 0. The van der Waals surface area contributed by atoms with Gasteiger partial charge < -0.3 is 20.4 Å². The van der Waals surface area contributed by atoms with E-state index in [1.54, 1.807) is 0 Å². The predicted molar refractivity (Wildman–Crippen MR) is 206 cm³/mol. The monoisotopic (exact) mass is 675 g/mol. The molecule has 8 unspecified atom stereocenters. The van der Waals surface area contributed by atoms with Crippen LogP contribution < -0.4 is 10.6 Å². The van der Waals surface area contributed by atoms with Gasteiger partial charge in [0.05, 0.1) is 0 Å². The third kappa shape index (κ3) is 10.9. The van der Waals surface area contributed by atoms with Gasteiger partial charge in [-0.15, -0.1) is 0 Å². The highest BCUT2D eigenvalue weighted by Crippen LogP contribution is 2.42. The summed E-state index contributed by atoms with van der Waals surface area (Å²) in [6, 6.07) is 0.0767. The molecule has 6 nitrogen and oxygen atoms in total. The highest BCUT2D eigenvalue weighted by atomic mass is 16.2. The smallest absolute Gasteiger partial charge is 0.312 e. The number of hydrogen-bond acceptors (Lipinski definition) is 4. The first-order valence-corrected chi connectivity index (χ1v) is 20.8. The molecule has 0 aromatic rings. The Kier molecular flexibility index (Phi) is 17.4. The predicted octanol–water partition coefficient (Wildman–Crippen LogP) is 10.0. The SMILES string of the molecule is CCCCCCCCN(C(=O)C(=O)N(CCCCCCCC)C1CC(C)(CC)NC(C)(CC)C1C)C1CC(C)(CC)NC(C)(CC)C1C. The van der Waals surface area contributed by atoms with E-state index in [2.05, 4.69) is 104 Å². The van der Waals surface area contributed by atoms with Gasteiger partial charge in [-0.2, -0.15) is 0 Å².